The van der Waals surface area contributed by atoms with Crippen molar-refractivity contribution in [3.63, 3.8) is 0 Å². The van der Waals surface area contributed by atoms with Gasteiger partial charge in [0.1, 0.15) is 4.47 Å². The molecule has 0 bridgehead atoms. The molecule has 0 aliphatic rings. The van der Waals surface area contributed by atoms with Gasteiger partial charge in [-0.3, -0.25) is 4.98 Å². The molecule has 0 radical (unpaired) electrons. The van der Waals surface area contributed by atoms with Crippen LogP contribution in [0.5, 0.6) is 0 Å². The Kier molecular flexibility index (Phi) is 2.20. The van der Waals surface area contributed by atoms with Gasteiger partial charge < -0.3 is 10.3 Å². The molecule has 0 aliphatic heterocycles. The van der Waals surface area contributed by atoms with Gasteiger partial charge >= 0.3 is 0 Å². The van der Waals surface area contributed by atoms with Gasteiger partial charge in [0.15, 0.2) is 17.4 Å². The van der Waals surface area contributed by atoms with Gasteiger partial charge in [-0.1, -0.05) is 5.16 Å². The first-order valence-electron chi connectivity index (χ1n) is 3.70. The second-order valence-electron chi connectivity index (χ2n) is 2.57. The summed E-state index contributed by atoms with van der Waals surface area (Å²) < 4.78 is 18.6. The number of nitrogens with two attached hydrogens (primary N) is 1. The van der Waals surface area contributed by atoms with Gasteiger partial charge in [-0.05, 0) is 22.0 Å². The van der Waals surface area contributed by atoms with Crippen molar-refractivity contribution >= 4 is 21.7 Å². The molecular weight excluding hydrogens is 253 g/mol. The van der Waals surface area contributed by atoms with Crippen molar-refractivity contribution < 1.29 is 8.91 Å². The fraction of sp³-hybridized carbons (Fsp3) is 0. The van der Waals surface area contributed by atoms with E-state index in [0.29, 0.717) is 4.47 Å². The number of anilines is 1. The molecule has 4 nitrogen and oxygen atoms in total. The zero-order valence-corrected chi connectivity index (χ0v) is 8.45. The van der Waals surface area contributed by atoms with Crippen molar-refractivity contribution in [2.75, 3.05) is 5.73 Å². The zero-order chi connectivity index (χ0) is 10.1. The van der Waals surface area contributed by atoms with Crippen LogP contribution in [0.4, 0.5) is 10.2 Å². The number of halogens is 2. The van der Waals surface area contributed by atoms with Crippen molar-refractivity contribution in [2.24, 2.45) is 0 Å². The molecule has 0 aromatic carbocycles. The van der Waals surface area contributed by atoms with Crippen molar-refractivity contribution in [3.05, 3.63) is 28.7 Å². The Morgan fingerprint density at radius 1 is 1.50 bits per heavy atom. The van der Waals surface area contributed by atoms with Crippen molar-refractivity contribution in [2.45, 2.75) is 0 Å². The number of hydrogen-bond acceptors (Lipinski definition) is 4. The van der Waals surface area contributed by atoms with E-state index in [9.17, 15) is 4.39 Å². The van der Waals surface area contributed by atoms with Gasteiger partial charge in [-0.25, -0.2) is 4.39 Å². The van der Waals surface area contributed by atoms with Crippen LogP contribution in [-0.4, -0.2) is 10.1 Å². The first kappa shape index (κ1) is 9.14. The molecule has 0 aliphatic carbocycles. The molecule has 14 heavy (non-hydrogen) atoms. The van der Waals surface area contributed by atoms with Crippen LogP contribution in [0.15, 0.2) is 27.5 Å². The summed E-state index contributed by atoms with van der Waals surface area (Å²) in [7, 11) is 0. The summed E-state index contributed by atoms with van der Waals surface area (Å²) in [6, 6.07) is 1.49. The predicted octanol–water partition coefficient (Wildman–Crippen LogP) is 2.22. The van der Waals surface area contributed by atoms with Gasteiger partial charge in [0.25, 0.3) is 0 Å². The number of pyridine rings is 1. The minimum Gasteiger partial charge on any atom is -0.380 e. The number of aromatic nitrogens is 2. The number of nitrogens with zero attached hydrogens (tertiary/aromatic N) is 2. The SMILES string of the molecule is Nc1noc(-c2ccncc2F)c1Br. The van der Waals surface area contributed by atoms with Gasteiger partial charge in [0.05, 0.1) is 11.8 Å². The summed E-state index contributed by atoms with van der Waals surface area (Å²) in [5, 5.41) is 3.50. The zero-order valence-electron chi connectivity index (χ0n) is 6.87. The molecule has 0 fully saturated rings. The predicted molar refractivity (Wildman–Crippen MR) is 51.8 cm³/mol. The quantitative estimate of drug-likeness (QED) is 0.851. The highest BCUT2D eigenvalue weighted by atomic mass is 79.9. The molecule has 2 aromatic heterocycles. The van der Waals surface area contributed by atoms with E-state index in [0.717, 1.165) is 6.20 Å². The summed E-state index contributed by atoms with van der Waals surface area (Å²) >= 11 is 3.15. The van der Waals surface area contributed by atoms with Crippen LogP contribution in [0.2, 0.25) is 0 Å². The molecule has 2 aromatic rings. The maximum absolute atomic E-state index is 13.3. The Morgan fingerprint density at radius 3 is 2.86 bits per heavy atom. The molecule has 2 rings (SSSR count). The molecule has 2 N–H and O–H groups in total. The minimum absolute atomic E-state index is 0.191. The second kappa shape index (κ2) is 3.38. The second-order valence-corrected chi connectivity index (χ2v) is 3.36. The largest absolute Gasteiger partial charge is 0.380 e. The lowest BCUT2D eigenvalue weighted by molar-refractivity contribution is 0.432. The first-order valence-corrected chi connectivity index (χ1v) is 4.50. The van der Waals surface area contributed by atoms with E-state index >= 15 is 0 Å². The molecule has 0 unspecified atom stereocenters. The third-order valence-corrected chi connectivity index (χ3v) is 2.44. The molecule has 0 saturated carbocycles. The highest BCUT2D eigenvalue weighted by Crippen LogP contribution is 2.33. The van der Waals surface area contributed by atoms with Crippen LogP contribution in [0.3, 0.4) is 0 Å². The Morgan fingerprint density at radius 2 is 2.29 bits per heavy atom. The average molecular weight is 258 g/mol. The molecule has 2 heterocycles. The lowest BCUT2D eigenvalue weighted by atomic mass is 10.2. The number of hydrogen-bond donors (Lipinski definition) is 1. The fourth-order valence-electron chi connectivity index (χ4n) is 1.02. The molecular formula is C8H5BrFN3O. The summed E-state index contributed by atoms with van der Waals surface area (Å²) in [5.41, 5.74) is 5.71. The van der Waals surface area contributed by atoms with Crippen molar-refractivity contribution in [1.29, 1.82) is 0 Å². The Balaban J connectivity index is 2.60. The normalized spacial score (nSPS) is 10.4. The van der Waals surface area contributed by atoms with Crippen molar-refractivity contribution in [3.8, 4) is 11.3 Å². The van der Waals surface area contributed by atoms with Gasteiger partial charge in [0.2, 0.25) is 0 Å². The number of nitrogen functional groups attached to an aromatic ring is 1. The van der Waals surface area contributed by atoms with Crippen LogP contribution >= 0.6 is 15.9 Å². The van der Waals surface area contributed by atoms with Crippen LogP contribution in [0.25, 0.3) is 11.3 Å². The first-order chi connectivity index (χ1) is 6.70. The lowest BCUT2D eigenvalue weighted by Crippen LogP contribution is -1.86. The third-order valence-electron chi connectivity index (χ3n) is 1.68. The maximum Gasteiger partial charge on any atom is 0.186 e. The van der Waals surface area contributed by atoms with E-state index in [1.807, 2.05) is 0 Å². The maximum atomic E-state index is 13.3. The molecule has 0 amide bonds. The molecule has 0 atom stereocenters. The van der Waals surface area contributed by atoms with E-state index in [-0.39, 0.29) is 17.1 Å². The van der Waals surface area contributed by atoms with Gasteiger partial charge in [-0.15, -0.1) is 0 Å². The molecule has 72 valence electrons. The third kappa shape index (κ3) is 1.37. The van der Waals surface area contributed by atoms with Crippen LogP contribution in [-0.2, 0) is 0 Å². The van der Waals surface area contributed by atoms with E-state index in [1.54, 1.807) is 0 Å². The van der Waals surface area contributed by atoms with Crippen LogP contribution in [0, 0.1) is 5.82 Å². The van der Waals surface area contributed by atoms with Crippen LogP contribution < -0.4 is 5.73 Å². The molecule has 0 saturated heterocycles. The fourth-order valence-corrected chi connectivity index (χ4v) is 1.38. The lowest BCUT2D eigenvalue weighted by Gasteiger charge is -1.96. The Bertz CT molecular complexity index is 471. The summed E-state index contributed by atoms with van der Waals surface area (Å²) in [5.74, 6) is -0.0250. The van der Waals surface area contributed by atoms with Crippen LogP contribution in [0.1, 0.15) is 0 Å². The highest BCUT2D eigenvalue weighted by molar-refractivity contribution is 9.10. The van der Waals surface area contributed by atoms with E-state index in [1.165, 1.54) is 12.3 Å². The van der Waals surface area contributed by atoms with Gasteiger partial charge in [0, 0.05) is 6.20 Å². The molecule has 0 spiro atoms. The average Bonchev–Trinajstić information content (AvgIpc) is 2.49. The van der Waals surface area contributed by atoms with E-state index < -0.39 is 5.82 Å². The topological polar surface area (TPSA) is 64.9 Å². The van der Waals surface area contributed by atoms with Gasteiger partial charge in [-0.2, -0.15) is 0 Å². The Hall–Kier alpha value is -1.43. The standard InChI is InChI=1S/C8H5BrFN3O/c9-6-7(14-13-8(6)11)4-1-2-12-3-5(4)10/h1-3H,(H2,11,13). The smallest absolute Gasteiger partial charge is 0.186 e. The molecule has 6 heteroatoms. The van der Waals surface area contributed by atoms with E-state index in [2.05, 4.69) is 26.1 Å². The Labute approximate surface area is 87.0 Å². The summed E-state index contributed by atoms with van der Waals surface area (Å²) in [6.45, 7) is 0. The number of rotatable bonds is 1. The summed E-state index contributed by atoms with van der Waals surface area (Å²) in [4.78, 5) is 3.62. The minimum atomic E-state index is -0.482. The monoisotopic (exact) mass is 257 g/mol. The highest BCUT2D eigenvalue weighted by Gasteiger charge is 2.16. The van der Waals surface area contributed by atoms with E-state index in [4.69, 9.17) is 10.3 Å². The van der Waals surface area contributed by atoms with Crippen molar-refractivity contribution in [1.82, 2.24) is 10.1 Å². The summed E-state index contributed by atoms with van der Waals surface area (Å²) in [6.07, 6.45) is 2.56.